The van der Waals surface area contributed by atoms with Crippen molar-refractivity contribution in [3.63, 3.8) is 0 Å². The van der Waals surface area contributed by atoms with Gasteiger partial charge in [0.1, 0.15) is 5.75 Å². The van der Waals surface area contributed by atoms with Crippen molar-refractivity contribution in [1.29, 1.82) is 0 Å². The minimum absolute atomic E-state index is 0.0403. The first-order chi connectivity index (χ1) is 11.8. The van der Waals surface area contributed by atoms with E-state index in [1.165, 1.54) is 0 Å². The lowest BCUT2D eigenvalue weighted by molar-refractivity contribution is -0.218. The lowest BCUT2D eigenvalue weighted by Crippen LogP contribution is -2.27. The first-order valence-corrected chi connectivity index (χ1v) is 8.25. The Bertz CT molecular complexity index is 651. The van der Waals surface area contributed by atoms with Gasteiger partial charge in [0.15, 0.2) is 12.1 Å². The zero-order valence-electron chi connectivity index (χ0n) is 13.8. The smallest absolute Gasteiger partial charge is 0.184 e. The van der Waals surface area contributed by atoms with Crippen LogP contribution in [0.5, 0.6) is 5.75 Å². The summed E-state index contributed by atoms with van der Waals surface area (Å²) in [5.41, 5.74) is 1.73. The Kier molecular flexibility index (Phi) is 5.62. The molecule has 0 radical (unpaired) electrons. The number of rotatable bonds is 6. The maximum Gasteiger partial charge on any atom is 0.184 e. The van der Waals surface area contributed by atoms with E-state index in [0.29, 0.717) is 19.4 Å². The highest BCUT2D eigenvalue weighted by Gasteiger charge is 2.25. The van der Waals surface area contributed by atoms with Crippen LogP contribution in [0.1, 0.15) is 41.5 Å². The van der Waals surface area contributed by atoms with Gasteiger partial charge in [0.05, 0.1) is 19.8 Å². The van der Waals surface area contributed by atoms with Crippen LogP contribution in [0.4, 0.5) is 0 Å². The summed E-state index contributed by atoms with van der Waals surface area (Å²) in [6.45, 7) is 0.640. The Morgan fingerprint density at radius 1 is 1.12 bits per heavy atom. The van der Waals surface area contributed by atoms with Crippen molar-refractivity contribution in [2.45, 2.75) is 31.7 Å². The van der Waals surface area contributed by atoms with Crippen molar-refractivity contribution in [3.8, 4) is 5.75 Å². The number of carbonyl (C=O) groups excluding carboxylic acids is 1. The van der Waals surface area contributed by atoms with E-state index in [9.17, 15) is 4.79 Å². The predicted octanol–water partition coefficient (Wildman–Crippen LogP) is 4.16. The fourth-order valence-corrected chi connectivity index (χ4v) is 2.80. The van der Waals surface area contributed by atoms with Gasteiger partial charge in [0, 0.05) is 17.5 Å². The minimum atomic E-state index is -0.374. The molecule has 0 amide bonds. The molecular formula is C20H22O4. The van der Waals surface area contributed by atoms with Crippen LogP contribution in [0.3, 0.4) is 0 Å². The fourth-order valence-electron chi connectivity index (χ4n) is 2.80. The first-order valence-electron chi connectivity index (χ1n) is 8.25. The minimum Gasteiger partial charge on any atom is -0.497 e. The van der Waals surface area contributed by atoms with Crippen molar-refractivity contribution in [2.24, 2.45) is 0 Å². The van der Waals surface area contributed by atoms with Crippen molar-refractivity contribution in [1.82, 2.24) is 0 Å². The van der Waals surface area contributed by atoms with E-state index < -0.39 is 0 Å². The van der Waals surface area contributed by atoms with Crippen LogP contribution in [0.25, 0.3) is 0 Å². The molecule has 1 saturated heterocycles. The molecule has 2 atom stereocenters. The monoisotopic (exact) mass is 326 g/mol. The van der Waals surface area contributed by atoms with Gasteiger partial charge in [-0.25, -0.2) is 0 Å². The van der Waals surface area contributed by atoms with Gasteiger partial charge in [-0.1, -0.05) is 42.5 Å². The normalized spacial score (nSPS) is 20.5. The number of carbonyl (C=O) groups is 1. The third kappa shape index (κ3) is 4.22. The summed E-state index contributed by atoms with van der Waals surface area (Å²) >= 11 is 0. The van der Waals surface area contributed by atoms with Gasteiger partial charge in [0.25, 0.3) is 0 Å². The van der Waals surface area contributed by atoms with Crippen LogP contribution in [-0.4, -0.2) is 25.6 Å². The van der Waals surface area contributed by atoms with Crippen molar-refractivity contribution < 1.29 is 19.0 Å². The van der Waals surface area contributed by atoms with Crippen molar-refractivity contribution in [2.75, 3.05) is 13.7 Å². The highest BCUT2D eigenvalue weighted by atomic mass is 16.7. The maximum atomic E-state index is 12.2. The summed E-state index contributed by atoms with van der Waals surface area (Å²) in [5, 5.41) is 0. The van der Waals surface area contributed by atoms with Crippen molar-refractivity contribution in [3.05, 3.63) is 65.7 Å². The highest BCUT2D eigenvalue weighted by Crippen LogP contribution is 2.29. The molecule has 3 rings (SSSR count). The molecular weight excluding hydrogens is 304 g/mol. The molecule has 4 nitrogen and oxygen atoms in total. The zero-order chi connectivity index (χ0) is 16.8. The molecule has 0 spiro atoms. The number of benzene rings is 2. The summed E-state index contributed by atoms with van der Waals surface area (Å²) in [6.07, 6.45) is 1.68. The molecule has 126 valence electrons. The SMILES string of the molecule is COc1ccc([C@@H]2OCC[C@H](CCC(=O)c3ccccc3)O2)cc1. The molecule has 1 fully saturated rings. The Labute approximate surface area is 142 Å². The lowest BCUT2D eigenvalue weighted by Gasteiger charge is -2.30. The van der Waals surface area contributed by atoms with E-state index in [0.717, 1.165) is 23.3 Å². The Morgan fingerprint density at radius 2 is 1.88 bits per heavy atom. The molecule has 4 heteroatoms. The first kappa shape index (κ1) is 16.7. The van der Waals surface area contributed by atoms with Gasteiger partial charge in [-0.05, 0) is 25.0 Å². The quantitative estimate of drug-likeness (QED) is 0.748. The molecule has 1 heterocycles. The van der Waals surface area contributed by atoms with Crippen LogP contribution in [0.15, 0.2) is 54.6 Å². The van der Waals surface area contributed by atoms with Crippen LogP contribution in [0.2, 0.25) is 0 Å². The van der Waals surface area contributed by atoms with Crippen molar-refractivity contribution >= 4 is 5.78 Å². The highest BCUT2D eigenvalue weighted by molar-refractivity contribution is 5.95. The molecule has 24 heavy (non-hydrogen) atoms. The van der Waals surface area contributed by atoms with Crippen LogP contribution < -0.4 is 4.74 Å². The van der Waals surface area contributed by atoms with E-state index in [1.54, 1.807) is 7.11 Å². The number of ketones is 1. The Hall–Kier alpha value is -2.17. The zero-order valence-corrected chi connectivity index (χ0v) is 13.8. The largest absolute Gasteiger partial charge is 0.497 e. The van der Waals surface area contributed by atoms with Crippen LogP contribution in [-0.2, 0) is 9.47 Å². The number of Topliss-reactive ketones (excluding diaryl/α,β-unsaturated/α-hetero) is 1. The van der Waals surface area contributed by atoms with Crippen LogP contribution >= 0.6 is 0 Å². The summed E-state index contributed by atoms with van der Waals surface area (Å²) in [6, 6.07) is 17.1. The van der Waals surface area contributed by atoms with Gasteiger partial charge in [-0.3, -0.25) is 4.79 Å². The van der Waals surface area contributed by atoms with Gasteiger partial charge < -0.3 is 14.2 Å². The number of hydrogen-bond donors (Lipinski definition) is 0. The summed E-state index contributed by atoms with van der Waals surface area (Å²) in [5.74, 6) is 0.964. The molecule has 0 aromatic heterocycles. The maximum absolute atomic E-state index is 12.2. The lowest BCUT2D eigenvalue weighted by atomic mass is 10.0. The van der Waals surface area contributed by atoms with E-state index in [2.05, 4.69) is 0 Å². The topological polar surface area (TPSA) is 44.8 Å². The number of ether oxygens (including phenoxy) is 3. The second-order valence-electron chi connectivity index (χ2n) is 5.85. The Morgan fingerprint density at radius 3 is 2.58 bits per heavy atom. The van der Waals surface area contributed by atoms with Gasteiger partial charge >= 0.3 is 0 Å². The second kappa shape index (κ2) is 8.08. The van der Waals surface area contributed by atoms with E-state index in [4.69, 9.17) is 14.2 Å². The predicted molar refractivity (Wildman–Crippen MR) is 91.2 cm³/mol. The van der Waals surface area contributed by atoms with Gasteiger partial charge in [0.2, 0.25) is 0 Å². The van der Waals surface area contributed by atoms with E-state index in [1.807, 2.05) is 54.6 Å². The van der Waals surface area contributed by atoms with E-state index in [-0.39, 0.29) is 18.2 Å². The molecule has 2 aromatic rings. The molecule has 0 saturated carbocycles. The summed E-state index contributed by atoms with van der Waals surface area (Å²) in [7, 11) is 1.64. The molecule has 0 unspecified atom stereocenters. The molecule has 0 aliphatic carbocycles. The summed E-state index contributed by atoms with van der Waals surface area (Å²) in [4.78, 5) is 12.2. The third-order valence-corrected chi connectivity index (χ3v) is 4.20. The average molecular weight is 326 g/mol. The molecule has 2 aromatic carbocycles. The average Bonchev–Trinajstić information content (AvgIpc) is 2.67. The number of hydrogen-bond acceptors (Lipinski definition) is 4. The molecule has 1 aliphatic rings. The standard InChI is InChI=1S/C20H22O4/c1-22-17-9-7-16(8-10-17)20-23-14-13-18(24-20)11-12-19(21)15-5-3-2-4-6-15/h2-10,18,20H,11-14H2,1H3/t18-,20+/m0/s1. The summed E-state index contributed by atoms with van der Waals surface area (Å²) < 4.78 is 16.9. The second-order valence-corrected chi connectivity index (χ2v) is 5.85. The third-order valence-electron chi connectivity index (χ3n) is 4.20. The molecule has 0 N–H and O–H groups in total. The van der Waals surface area contributed by atoms with Crippen LogP contribution in [0, 0.1) is 0 Å². The molecule has 1 aliphatic heterocycles. The Balaban J connectivity index is 1.54. The molecule has 0 bridgehead atoms. The van der Waals surface area contributed by atoms with Gasteiger partial charge in [-0.15, -0.1) is 0 Å². The van der Waals surface area contributed by atoms with E-state index >= 15 is 0 Å². The number of methoxy groups -OCH3 is 1. The van der Waals surface area contributed by atoms with Gasteiger partial charge in [-0.2, -0.15) is 0 Å². The fraction of sp³-hybridized carbons (Fsp3) is 0.350.